The zero-order valence-electron chi connectivity index (χ0n) is 19.7. The largest absolute Gasteiger partial charge is 0.372 e. The predicted octanol–water partition coefficient (Wildman–Crippen LogP) is 1.77. The second kappa shape index (κ2) is 7.75. The Bertz CT molecular complexity index is 1410. The van der Waals surface area contributed by atoms with Gasteiger partial charge in [0, 0.05) is 19.0 Å². The van der Waals surface area contributed by atoms with E-state index in [1.165, 1.54) is 0 Å². The van der Waals surface area contributed by atoms with Crippen molar-refractivity contribution in [2.45, 2.75) is 52.0 Å². The number of morpholine rings is 1. The van der Waals surface area contributed by atoms with E-state index in [1.54, 1.807) is 30.9 Å². The maximum absolute atomic E-state index is 16.0. The molecule has 0 radical (unpaired) electrons. The van der Waals surface area contributed by atoms with Crippen LogP contribution in [0.3, 0.4) is 0 Å². The maximum Gasteiger partial charge on any atom is 0.328 e. The molecule has 2 saturated heterocycles. The molecular formula is C23H23FN6O6. The third-order valence-corrected chi connectivity index (χ3v) is 7.08. The third kappa shape index (κ3) is 3.11. The number of aryl methyl sites for hydroxylation is 1. The van der Waals surface area contributed by atoms with Crippen LogP contribution in [0, 0.1) is 18.2 Å². The highest BCUT2D eigenvalue weighted by Gasteiger charge is 2.63. The van der Waals surface area contributed by atoms with E-state index in [4.69, 9.17) is 13.8 Å². The van der Waals surface area contributed by atoms with Gasteiger partial charge in [0.1, 0.15) is 11.5 Å². The van der Waals surface area contributed by atoms with Gasteiger partial charge >= 0.3 is 6.03 Å². The average molecular weight is 498 g/mol. The van der Waals surface area contributed by atoms with Gasteiger partial charge in [0.2, 0.25) is 17.4 Å². The molecule has 1 spiro atoms. The number of hydrogen-bond acceptors (Lipinski definition) is 10. The van der Waals surface area contributed by atoms with Crippen LogP contribution in [0.4, 0.5) is 20.7 Å². The van der Waals surface area contributed by atoms with E-state index in [0.29, 0.717) is 22.4 Å². The Morgan fingerprint density at radius 2 is 1.92 bits per heavy atom. The van der Waals surface area contributed by atoms with Crippen molar-refractivity contribution in [2.24, 2.45) is 5.41 Å². The molecular weight excluding hydrogens is 475 g/mol. The number of urea groups is 1. The first kappa shape index (κ1) is 22.5. The third-order valence-electron chi connectivity index (χ3n) is 7.08. The fourth-order valence-electron chi connectivity index (χ4n) is 5.75. The van der Waals surface area contributed by atoms with E-state index in [1.807, 2.05) is 6.92 Å². The number of halogens is 1. The summed E-state index contributed by atoms with van der Waals surface area (Å²) in [6, 6.07) is 1.68. The lowest BCUT2D eigenvalue weighted by molar-refractivity contribution is -0.153. The van der Waals surface area contributed by atoms with Crippen LogP contribution < -0.4 is 20.9 Å². The fraction of sp³-hybridized carbons (Fsp3) is 0.435. The van der Waals surface area contributed by atoms with E-state index < -0.39 is 41.2 Å². The van der Waals surface area contributed by atoms with E-state index in [9.17, 15) is 14.4 Å². The minimum atomic E-state index is -1.70. The number of aromatic nitrogens is 2. The molecule has 0 saturated carbocycles. The molecule has 36 heavy (non-hydrogen) atoms. The standard InChI is InChI=1S/C23H23FN6O6/c1-9-4-13(28-35-9)7-25-19-14-5-12-6-23(20(31)26-22(33)27-21(23)32)18-11(3)34-10(2)8-30(18)16(12)15(24)17(14)36-29-19/h4-5,10-11,18H,6-8H2,1-3H3,(H,25,29)(H2,26,27,31,32,33). The molecule has 13 heteroatoms. The summed E-state index contributed by atoms with van der Waals surface area (Å²) in [6.45, 7) is 5.82. The number of nitrogens with zero attached hydrogens (tertiary/aromatic N) is 3. The molecule has 2 fully saturated rings. The summed E-state index contributed by atoms with van der Waals surface area (Å²) in [6.07, 6.45) is -1.06. The Kier molecular flexibility index (Phi) is 4.84. The first-order valence-electron chi connectivity index (χ1n) is 11.5. The van der Waals surface area contributed by atoms with Gasteiger partial charge in [-0.25, -0.2) is 9.18 Å². The summed E-state index contributed by atoms with van der Waals surface area (Å²) in [5.41, 5.74) is -0.487. The number of carbonyl (C=O) groups is 3. The fourth-order valence-corrected chi connectivity index (χ4v) is 5.75. The molecule has 2 aromatic heterocycles. The molecule has 3 aliphatic heterocycles. The molecule has 3 atom stereocenters. The number of rotatable bonds is 3. The molecule has 4 amide bonds. The van der Waals surface area contributed by atoms with Gasteiger partial charge in [0.05, 0.1) is 35.9 Å². The summed E-state index contributed by atoms with van der Waals surface area (Å²) >= 11 is 0. The Morgan fingerprint density at radius 3 is 2.61 bits per heavy atom. The van der Waals surface area contributed by atoms with Crippen molar-refractivity contribution in [3.63, 3.8) is 0 Å². The predicted molar refractivity (Wildman–Crippen MR) is 121 cm³/mol. The SMILES string of the molecule is Cc1cc(CNc2noc3c(F)c4c(cc23)CC2(C(=O)NC(=O)NC2=O)C2C(C)OC(C)CN42)no1. The topological polar surface area (TPSA) is 152 Å². The first-order chi connectivity index (χ1) is 17.2. The molecule has 3 aliphatic rings. The number of hydrogen-bond donors (Lipinski definition) is 3. The van der Waals surface area contributed by atoms with Gasteiger partial charge in [-0.2, -0.15) is 0 Å². The Hall–Kier alpha value is -4.00. The van der Waals surface area contributed by atoms with Gasteiger partial charge in [-0.3, -0.25) is 20.2 Å². The summed E-state index contributed by atoms with van der Waals surface area (Å²) in [5, 5.41) is 15.8. The molecule has 0 bridgehead atoms. The number of benzene rings is 1. The number of barbiturate groups is 1. The van der Waals surface area contributed by atoms with Gasteiger partial charge in [-0.05, 0) is 32.4 Å². The molecule has 6 rings (SSSR count). The van der Waals surface area contributed by atoms with Crippen LogP contribution in [-0.2, 0) is 27.3 Å². The van der Waals surface area contributed by atoms with Crippen LogP contribution in [0.25, 0.3) is 11.0 Å². The number of anilines is 2. The number of amides is 4. The minimum absolute atomic E-state index is 0.0539. The van der Waals surface area contributed by atoms with Gasteiger partial charge in [0.25, 0.3) is 0 Å². The first-order valence-corrected chi connectivity index (χ1v) is 11.5. The van der Waals surface area contributed by atoms with Crippen LogP contribution in [0.2, 0.25) is 0 Å². The molecule has 3 N–H and O–H groups in total. The number of ether oxygens (including phenoxy) is 1. The number of fused-ring (bicyclic) bond motifs is 5. The second-order valence-corrected chi connectivity index (χ2v) is 9.52. The van der Waals surface area contributed by atoms with E-state index >= 15 is 4.39 Å². The zero-order chi connectivity index (χ0) is 25.4. The smallest absolute Gasteiger partial charge is 0.328 e. The van der Waals surface area contributed by atoms with Crippen molar-refractivity contribution >= 4 is 40.3 Å². The minimum Gasteiger partial charge on any atom is -0.372 e. The van der Waals surface area contributed by atoms with Crippen LogP contribution >= 0.6 is 0 Å². The van der Waals surface area contributed by atoms with Crippen molar-refractivity contribution in [3.05, 3.63) is 35.0 Å². The normalized spacial score (nSPS) is 24.9. The summed E-state index contributed by atoms with van der Waals surface area (Å²) < 4.78 is 32.4. The van der Waals surface area contributed by atoms with Crippen molar-refractivity contribution in [1.29, 1.82) is 0 Å². The van der Waals surface area contributed by atoms with E-state index in [2.05, 4.69) is 26.3 Å². The highest BCUT2D eigenvalue weighted by Crippen LogP contribution is 2.49. The van der Waals surface area contributed by atoms with Gasteiger partial charge in [-0.15, -0.1) is 0 Å². The van der Waals surface area contributed by atoms with Crippen molar-refractivity contribution in [2.75, 3.05) is 16.8 Å². The second-order valence-electron chi connectivity index (χ2n) is 9.52. The quantitative estimate of drug-likeness (QED) is 0.456. The van der Waals surface area contributed by atoms with Crippen LogP contribution in [-0.4, -0.2) is 53.0 Å². The van der Waals surface area contributed by atoms with Gasteiger partial charge in [-0.1, -0.05) is 10.3 Å². The monoisotopic (exact) mass is 498 g/mol. The lowest BCUT2D eigenvalue weighted by Gasteiger charge is -2.55. The Balaban J connectivity index is 1.48. The van der Waals surface area contributed by atoms with Crippen LogP contribution in [0.5, 0.6) is 0 Å². The molecule has 3 aromatic rings. The number of nitrogens with one attached hydrogen (secondary N) is 3. The Morgan fingerprint density at radius 1 is 1.17 bits per heavy atom. The Labute approximate surface area is 203 Å². The molecule has 5 heterocycles. The summed E-state index contributed by atoms with van der Waals surface area (Å²) in [4.78, 5) is 40.1. The van der Waals surface area contributed by atoms with Gasteiger partial charge in [0.15, 0.2) is 17.1 Å². The maximum atomic E-state index is 16.0. The van der Waals surface area contributed by atoms with Crippen LogP contribution in [0.15, 0.2) is 21.2 Å². The molecule has 12 nitrogen and oxygen atoms in total. The average Bonchev–Trinajstić information content (AvgIpc) is 3.41. The lowest BCUT2D eigenvalue weighted by Crippen LogP contribution is -2.75. The number of imide groups is 2. The molecule has 188 valence electrons. The van der Waals surface area contributed by atoms with Gasteiger partial charge < -0.3 is 24.0 Å². The van der Waals surface area contributed by atoms with Crippen LogP contribution in [0.1, 0.15) is 30.9 Å². The molecule has 0 aliphatic carbocycles. The van der Waals surface area contributed by atoms with E-state index in [-0.39, 0.29) is 42.7 Å². The molecule has 3 unspecified atom stereocenters. The molecule has 1 aromatic carbocycles. The van der Waals surface area contributed by atoms with E-state index in [0.717, 1.165) is 0 Å². The van der Waals surface area contributed by atoms with Crippen molar-refractivity contribution in [3.8, 4) is 0 Å². The van der Waals surface area contributed by atoms with Crippen molar-refractivity contribution in [1.82, 2.24) is 20.9 Å². The summed E-state index contributed by atoms with van der Waals surface area (Å²) in [5.74, 6) is -1.21. The zero-order valence-corrected chi connectivity index (χ0v) is 19.7. The number of carbonyl (C=O) groups excluding carboxylic acids is 3. The lowest BCUT2D eigenvalue weighted by atomic mass is 9.66. The summed E-state index contributed by atoms with van der Waals surface area (Å²) in [7, 11) is 0. The highest BCUT2D eigenvalue weighted by molar-refractivity contribution is 6.20. The van der Waals surface area contributed by atoms with Crippen molar-refractivity contribution < 1.29 is 32.6 Å². The highest BCUT2D eigenvalue weighted by atomic mass is 19.1.